The molecule has 8 nitrogen and oxygen atoms in total. The molecule has 0 radical (unpaired) electrons. The first-order valence-corrected chi connectivity index (χ1v) is 9.38. The molecule has 8 heteroatoms. The lowest BCUT2D eigenvalue weighted by Gasteiger charge is -2.29. The van der Waals surface area contributed by atoms with Gasteiger partial charge in [0.25, 0.3) is 0 Å². The standard InChI is InChI=1S/C20H28N2O6/c1-4-5-10-22-17(23)11-15(19(24)21-16(12-27-2)20(25)26)18(22)13-6-8-14(28-3)9-7-13/h6-9,15-16,18H,4-5,10-12H2,1-3H3,(H,21,24)(H,25,26). The highest BCUT2D eigenvalue weighted by atomic mass is 16.5. The van der Waals surface area contributed by atoms with E-state index >= 15 is 0 Å². The number of hydrogen-bond donors (Lipinski definition) is 2. The molecule has 1 aromatic rings. The van der Waals surface area contributed by atoms with Gasteiger partial charge in [0.15, 0.2) is 6.04 Å². The monoisotopic (exact) mass is 392 g/mol. The minimum atomic E-state index is -1.18. The van der Waals surface area contributed by atoms with E-state index in [2.05, 4.69) is 5.32 Å². The molecule has 2 amide bonds. The van der Waals surface area contributed by atoms with Crippen molar-refractivity contribution in [2.45, 2.75) is 38.3 Å². The Morgan fingerprint density at radius 3 is 2.50 bits per heavy atom. The third-order valence-corrected chi connectivity index (χ3v) is 4.93. The quantitative estimate of drug-likeness (QED) is 0.627. The number of benzene rings is 1. The van der Waals surface area contributed by atoms with Crippen molar-refractivity contribution in [1.29, 1.82) is 0 Å². The van der Waals surface area contributed by atoms with Crippen LogP contribution in [0.25, 0.3) is 0 Å². The number of unbranched alkanes of at least 4 members (excludes halogenated alkanes) is 1. The molecule has 0 aromatic heterocycles. The molecule has 1 aliphatic heterocycles. The van der Waals surface area contributed by atoms with E-state index in [-0.39, 0.29) is 18.9 Å². The second-order valence-corrected chi connectivity index (χ2v) is 6.82. The second kappa shape index (κ2) is 10.1. The molecular weight excluding hydrogens is 364 g/mol. The summed E-state index contributed by atoms with van der Waals surface area (Å²) in [5.74, 6) is -1.73. The van der Waals surface area contributed by atoms with Crippen molar-refractivity contribution in [2.75, 3.05) is 27.4 Å². The predicted molar refractivity (Wildman–Crippen MR) is 102 cm³/mol. The maximum atomic E-state index is 12.9. The Labute approximate surface area is 164 Å². The normalized spacial score (nSPS) is 20.1. The Balaban J connectivity index is 2.29. The highest BCUT2D eigenvalue weighted by Gasteiger charge is 2.44. The minimum absolute atomic E-state index is 0.0472. The van der Waals surface area contributed by atoms with Gasteiger partial charge in [-0.25, -0.2) is 4.79 Å². The fourth-order valence-corrected chi connectivity index (χ4v) is 3.45. The number of methoxy groups -OCH3 is 2. The molecule has 1 aliphatic rings. The zero-order valence-corrected chi connectivity index (χ0v) is 16.5. The molecule has 2 N–H and O–H groups in total. The van der Waals surface area contributed by atoms with Crippen LogP contribution in [-0.4, -0.2) is 61.2 Å². The summed E-state index contributed by atoms with van der Waals surface area (Å²) in [6, 6.07) is 5.65. The Morgan fingerprint density at radius 2 is 1.96 bits per heavy atom. The van der Waals surface area contributed by atoms with Crippen LogP contribution in [0.5, 0.6) is 5.75 Å². The lowest BCUT2D eigenvalue weighted by molar-refractivity contribution is -0.144. The van der Waals surface area contributed by atoms with Gasteiger partial charge in [-0.1, -0.05) is 25.5 Å². The molecule has 0 saturated carbocycles. The molecule has 28 heavy (non-hydrogen) atoms. The first-order valence-electron chi connectivity index (χ1n) is 9.38. The van der Waals surface area contributed by atoms with Crippen LogP contribution in [0.4, 0.5) is 0 Å². The topological polar surface area (TPSA) is 105 Å². The second-order valence-electron chi connectivity index (χ2n) is 6.82. The van der Waals surface area contributed by atoms with Gasteiger partial charge in [0.1, 0.15) is 5.75 Å². The maximum Gasteiger partial charge on any atom is 0.328 e. The Morgan fingerprint density at radius 1 is 1.29 bits per heavy atom. The Hall–Kier alpha value is -2.61. The zero-order valence-electron chi connectivity index (χ0n) is 16.5. The van der Waals surface area contributed by atoms with E-state index in [4.69, 9.17) is 9.47 Å². The number of carbonyl (C=O) groups excluding carboxylic acids is 2. The molecular formula is C20H28N2O6. The highest BCUT2D eigenvalue weighted by molar-refractivity contribution is 5.92. The summed E-state index contributed by atoms with van der Waals surface area (Å²) in [6.07, 6.45) is 1.80. The SMILES string of the molecule is CCCCN1C(=O)CC(C(=O)NC(COC)C(=O)O)C1c1ccc(OC)cc1. The van der Waals surface area contributed by atoms with E-state index in [1.807, 2.05) is 19.1 Å². The largest absolute Gasteiger partial charge is 0.497 e. The lowest BCUT2D eigenvalue weighted by atomic mass is 9.92. The molecule has 0 aliphatic carbocycles. The van der Waals surface area contributed by atoms with E-state index in [0.717, 1.165) is 18.4 Å². The van der Waals surface area contributed by atoms with Crippen molar-refractivity contribution < 1.29 is 29.0 Å². The van der Waals surface area contributed by atoms with Crippen molar-refractivity contribution in [2.24, 2.45) is 5.92 Å². The maximum absolute atomic E-state index is 12.9. The summed E-state index contributed by atoms with van der Waals surface area (Å²) in [5, 5.41) is 11.8. The first-order chi connectivity index (χ1) is 13.4. The number of ether oxygens (including phenoxy) is 2. The molecule has 1 saturated heterocycles. The minimum Gasteiger partial charge on any atom is -0.497 e. The number of amides is 2. The van der Waals surface area contributed by atoms with Gasteiger partial charge < -0.3 is 24.8 Å². The van der Waals surface area contributed by atoms with Gasteiger partial charge in [-0.15, -0.1) is 0 Å². The number of carbonyl (C=O) groups is 3. The third-order valence-electron chi connectivity index (χ3n) is 4.93. The fourth-order valence-electron chi connectivity index (χ4n) is 3.45. The number of carboxylic acids is 1. The molecule has 3 atom stereocenters. The molecule has 0 bridgehead atoms. The van der Waals surface area contributed by atoms with Crippen LogP contribution in [-0.2, 0) is 19.1 Å². The smallest absolute Gasteiger partial charge is 0.328 e. The van der Waals surface area contributed by atoms with Crippen LogP contribution in [0, 0.1) is 5.92 Å². The van der Waals surface area contributed by atoms with E-state index in [1.165, 1.54) is 7.11 Å². The van der Waals surface area contributed by atoms with Gasteiger partial charge in [-0.3, -0.25) is 9.59 Å². The number of likely N-dealkylation sites (tertiary alicyclic amines) is 1. The molecule has 1 fully saturated rings. The molecule has 1 aromatic carbocycles. The van der Waals surface area contributed by atoms with Crippen molar-refractivity contribution in [1.82, 2.24) is 10.2 Å². The van der Waals surface area contributed by atoms with Gasteiger partial charge in [0.2, 0.25) is 11.8 Å². The number of nitrogens with zero attached hydrogens (tertiary/aromatic N) is 1. The molecule has 2 rings (SSSR count). The predicted octanol–water partition coefficient (Wildman–Crippen LogP) is 1.60. The number of nitrogens with one attached hydrogen (secondary N) is 1. The van der Waals surface area contributed by atoms with E-state index < -0.39 is 29.9 Å². The van der Waals surface area contributed by atoms with E-state index in [9.17, 15) is 19.5 Å². The van der Waals surface area contributed by atoms with Crippen molar-refractivity contribution in [3.05, 3.63) is 29.8 Å². The summed E-state index contributed by atoms with van der Waals surface area (Å²) in [4.78, 5) is 38.6. The summed E-state index contributed by atoms with van der Waals surface area (Å²) < 4.78 is 10.1. The van der Waals surface area contributed by atoms with E-state index in [1.54, 1.807) is 24.1 Å². The van der Waals surface area contributed by atoms with Gasteiger partial charge in [0, 0.05) is 20.1 Å². The molecule has 154 valence electrons. The number of aliphatic carboxylic acids is 1. The third kappa shape index (κ3) is 5.01. The van der Waals surface area contributed by atoms with Gasteiger partial charge >= 0.3 is 5.97 Å². The van der Waals surface area contributed by atoms with Crippen LogP contribution in [0.15, 0.2) is 24.3 Å². The van der Waals surface area contributed by atoms with E-state index in [0.29, 0.717) is 12.3 Å². The zero-order chi connectivity index (χ0) is 20.7. The Bertz CT molecular complexity index is 690. The van der Waals surface area contributed by atoms with Gasteiger partial charge in [0.05, 0.1) is 25.7 Å². The van der Waals surface area contributed by atoms with Crippen molar-refractivity contribution in [3.63, 3.8) is 0 Å². The lowest BCUT2D eigenvalue weighted by Crippen LogP contribution is -2.47. The van der Waals surface area contributed by atoms with Crippen LogP contribution in [0.3, 0.4) is 0 Å². The van der Waals surface area contributed by atoms with Crippen LogP contribution in [0.1, 0.15) is 37.8 Å². The highest BCUT2D eigenvalue weighted by Crippen LogP contribution is 2.39. The molecule has 1 heterocycles. The average Bonchev–Trinajstić information content (AvgIpc) is 3.02. The fraction of sp³-hybridized carbons (Fsp3) is 0.550. The average molecular weight is 392 g/mol. The van der Waals surface area contributed by atoms with Crippen molar-refractivity contribution >= 4 is 17.8 Å². The number of rotatable bonds is 10. The van der Waals surface area contributed by atoms with Crippen LogP contribution < -0.4 is 10.1 Å². The van der Waals surface area contributed by atoms with Crippen molar-refractivity contribution in [3.8, 4) is 5.75 Å². The molecule has 0 spiro atoms. The first kappa shape index (κ1) is 21.7. The van der Waals surface area contributed by atoms with Gasteiger partial charge in [-0.05, 0) is 24.1 Å². The summed E-state index contributed by atoms with van der Waals surface area (Å²) in [6.45, 7) is 2.44. The number of hydrogen-bond acceptors (Lipinski definition) is 5. The number of carboxylic acid groups (broad SMARTS) is 1. The van der Waals surface area contributed by atoms with Gasteiger partial charge in [-0.2, -0.15) is 0 Å². The summed E-state index contributed by atoms with van der Waals surface area (Å²) in [5.41, 5.74) is 0.821. The van der Waals surface area contributed by atoms with Crippen LogP contribution in [0.2, 0.25) is 0 Å². The van der Waals surface area contributed by atoms with Crippen LogP contribution >= 0.6 is 0 Å². The molecule has 3 unspecified atom stereocenters. The Kier molecular flexibility index (Phi) is 7.80. The summed E-state index contributed by atoms with van der Waals surface area (Å²) >= 11 is 0. The summed E-state index contributed by atoms with van der Waals surface area (Å²) in [7, 11) is 2.94.